The van der Waals surface area contributed by atoms with Gasteiger partial charge in [0, 0.05) is 6.54 Å². The van der Waals surface area contributed by atoms with E-state index in [2.05, 4.69) is 11.5 Å². The van der Waals surface area contributed by atoms with Gasteiger partial charge in [-0.05, 0) is 42.6 Å². The summed E-state index contributed by atoms with van der Waals surface area (Å²) in [4.78, 5) is 2.37. The van der Waals surface area contributed by atoms with Gasteiger partial charge in [0.05, 0.1) is 0 Å². The van der Waals surface area contributed by atoms with Gasteiger partial charge in [-0.15, -0.1) is 12.4 Å². The monoisotopic (exact) mass is 329 g/mol. The zero-order valence-electron chi connectivity index (χ0n) is 13.3. The Balaban J connectivity index is 0.00000192. The third kappa shape index (κ3) is 3.66. The highest BCUT2D eigenvalue weighted by Crippen LogP contribution is 2.36. The summed E-state index contributed by atoms with van der Waals surface area (Å²) in [7, 11) is 0. The Morgan fingerprint density at radius 3 is 1.78 bits per heavy atom. The van der Waals surface area contributed by atoms with Crippen molar-refractivity contribution in [2.24, 2.45) is 0 Å². The number of halogens is 1. The van der Waals surface area contributed by atoms with Crippen LogP contribution in [-0.4, -0.2) is 29.6 Å². The summed E-state index contributed by atoms with van der Waals surface area (Å²) in [5.74, 6) is 0. The van der Waals surface area contributed by atoms with E-state index >= 15 is 0 Å². The molecular formula is C20H24ClNO. The molecule has 0 aliphatic carbocycles. The number of rotatable bonds is 5. The molecule has 0 atom stereocenters. The fourth-order valence-corrected chi connectivity index (χ4v) is 3.26. The maximum Gasteiger partial charge on any atom is 0.137 e. The Bertz CT molecular complexity index is 581. The predicted molar refractivity (Wildman–Crippen MR) is 97.9 cm³/mol. The van der Waals surface area contributed by atoms with Gasteiger partial charge in [0.25, 0.3) is 0 Å². The number of hydrogen-bond donors (Lipinski definition) is 1. The largest absolute Gasteiger partial charge is 0.376 e. The zero-order chi connectivity index (χ0) is 15.4. The highest BCUT2D eigenvalue weighted by molar-refractivity contribution is 5.85. The van der Waals surface area contributed by atoms with Crippen LogP contribution in [0.5, 0.6) is 0 Å². The van der Waals surface area contributed by atoms with Crippen LogP contribution in [0.1, 0.15) is 24.0 Å². The van der Waals surface area contributed by atoms with E-state index in [9.17, 15) is 5.11 Å². The minimum atomic E-state index is -1.13. The Hall–Kier alpha value is -1.61. The van der Waals surface area contributed by atoms with Gasteiger partial charge in [0.15, 0.2) is 0 Å². The summed E-state index contributed by atoms with van der Waals surface area (Å²) < 4.78 is 0. The molecule has 1 heterocycles. The van der Waals surface area contributed by atoms with Gasteiger partial charge in [-0.2, -0.15) is 0 Å². The van der Waals surface area contributed by atoms with E-state index in [4.69, 9.17) is 0 Å². The molecule has 1 fully saturated rings. The lowest BCUT2D eigenvalue weighted by atomic mass is 9.80. The fraction of sp³-hybridized carbons (Fsp3) is 0.300. The SMILES string of the molecule is C=C(CN1CCCC1)C(O)(c1ccccc1)c1ccccc1.Cl. The Morgan fingerprint density at radius 1 is 0.913 bits per heavy atom. The van der Waals surface area contributed by atoms with Crippen molar-refractivity contribution >= 4 is 12.4 Å². The fourth-order valence-electron chi connectivity index (χ4n) is 3.26. The van der Waals surface area contributed by atoms with Gasteiger partial charge in [-0.1, -0.05) is 67.2 Å². The van der Waals surface area contributed by atoms with Gasteiger partial charge < -0.3 is 5.11 Å². The van der Waals surface area contributed by atoms with Crippen molar-refractivity contribution in [3.8, 4) is 0 Å². The van der Waals surface area contributed by atoms with Crippen molar-refractivity contribution < 1.29 is 5.11 Å². The van der Waals surface area contributed by atoms with E-state index in [1.54, 1.807) is 0 Å². The average Bonchev–Trinajstić information content (AvgIpc) is 3.08. The van der Waals surface area contributed by atoms with Gasteiger partial charge >= 0.3 is 0 Å². The molecule has 3 rings (SSSR count). The van der Waals surface area contributed by atoms with Crippen molar-refractivity contribution in [2.75, 3.05) is 19.6 Å². The molecule has 1 aliphatic rings. The first-order valence-corrected chi connectivity index (χ1v) is 7.95. The van der Waals surface area contributed by atoms with Gasteiger partial charge in [0.2, 0.25) is 0 Å². The number of likely N-dealkylation sites (tertiary alicyclic amines) is 1. The van der Waals surface area contributed by atoms with Crippen molar-refractivity contribution in [3.63, 3.8) is 0 Å². The third-order valence-corrected chi connectivity index (χ3v) is 4.51. The first-order valence-electron chi connectivity index (χ1n) is 7.95. The van der Waals surface area contributed by atoms with E-state index in [0.717, 1.165) is 36.3 Å². The summed E-state index contributed by atoms with van der Waals surface area (Å²) in [5.41, 5.74) is 1.47. The van der Waals surface area contributed by atoms with Crippen LogP contribution in [-0.2, 0) is 5.60 Å². The number of aliphatic hydroxyl groups is 1. The molecule has 122 valence electrons. The zero-order valence-corrected chi connectivity index (χ0v) is 14.1. The van der Waals surface area contributed by atoms with Crippen LogP contribution in [0.25, 0.3) is 0 Å². The molecule has 3 heteroatoms. The van der Waals surface area contributed by atoms with E-state index in [1.165, 1.54) is 12.8 Å². The van der Waals surface area contributed by atoms with Crippen LogP contribution in [0.3, 0.4) is 0 Å². The molecule has 0 spiro atoms. The maximum atomic E-state index is 11.6. The van der Waals surface area contributed by atoms with E-state index in [0.29, 0.717) is 0 Å². The van der Waals surface area contributed by atoms with Crippen LogP contribution >= 0.6 is 12.4 Å². The topological polar surface area (TPSA) is 23.5 Å². The van der Waals surface area contributed by atoms with Crippen LogP contribution in [0.4, 0.5) is 0 Å². The maximum absolute atomic E-state index is 11.6. The molecule has 0 radical (unpaired) electrons. The second-order valence-electron chi connectivity index (χ2n) is 6.03. The number of benzene rings is 2. The number of nitrogens with zero attached hydrogens (tertiary/aromatic N) is 1. The summed E-state index contributed by atoms with van der Waals surface area (Å²) in [6.45, 7) is 7.18. The summed E-state index contributed by atoms with van der Waals surface area (Å²) in [6.07, 6.45) is 2.48. The van der Waals surface area contributed by atoms with Crippen LogP contribution < -0.4 is 0 Å². The first kappa shape index (κ1) is 17.7. The molecule has 0 unspecified atom stereocenters. The Morgan fingerprint density at radius 2 is 1.35 bits per heavy atom. The lowest BCUT2D eigenvalue weighted by Gasteiger charge is -2.33. The molecule has 23 heavy (non-hydrogen) atoms. The Kier molecular flexibility index (Phi) is 6.00. The standard InChI is InChI=1S/C20H23NO.ClH/c1-17(16-21-14-8-9-15-21)20(22,18-10-4-2-5-11-18)19-12-6-3-7-13-19;/h2-7,10-13,22H,1,8-9,14-16H2;1H. The normalized spacial score (nSPS) is 15.2. The first-order chi connectivity index (χ1) is 10.7. The molecule has 1 aliphatic heterocycles. The molecular weight excluding hydrogens is 306 g/mol. The van der Waals surface area contributed by atoms with Crippen molar-refractivity contribution in [1.82, 2.24) is 4.90 Å². The molecule has 1 saturated heterocycles. The van der Waals surface area contributed by atoms with E-state index < -0.39 is 5.60 Å². The van der Waals surface area contributed by atoms with Crippen molar-refractivity contribution in [3.05, 3.63) is 83.9 Å². The molecule has 2 nitrogen and oxygen atoms in total. The van der Waals surface area contributed by atoms with Gasteiger partial charge in [0.1, 0.15) is 5.60 Å². The molecule has 1 N–H and O–H groups in total. The predicted octanol–water partition coefficient (Wildman–Crippen LogP) is 4.00. The van der Waals surface area contributed by atoms with Gasteiger partial charge in [-0.3, -0.25) is 4.90 Å². The van der Waals surface area contributed by atoms with Crippen LogP contribution in [0.2, 0.25) is 0 Å². The quantitative estimate of drug-likeness (QED) is 0.838. The smallest absolute Gasteiger partial charge is 0.137 e. The lowest BCUT2D eigenvalue weighted by Crippen LogP contribution is -2.35. The summed E-state index contributed by atoms with van der Waals surface area (Å²) in [5, 5.41) is 11.6. The van der Waals surface area contributed by atoms with Crippen LogP contribution in [0.15, 0.2) is 72.8 Å². The summed E-state index contributed by atoms with van der Waals surface area (Å²) >= 11 is 0. The number of hydrogen-bond acceptors (Lipinski definition) is 2. The summed E-state index contributed by atoms with van der Waals surface area (Å²) in [6, 6.07) is 19.7. The van der Waals surface area contributed by atoms with E-state index in [-0.39, 0.29) is 12.4 Å². The van der Waals surface area contributed by atoms with Crippen molar-refractivity contribution in [2.45, 2.75) is 18.4 Å². The molecule has 2 aromatic rings. The average molecular weight is 330 g/mol. The second kappa shape index (κ2) is 7.78. The molecule has 0 aromatic heterocycles. The van der Waals surface area contributed by atoms with E-state index in [1.807, 2.05) is 60.7 Å². The van der Waals surface area contributed by atoms with Crippen molar-refractivity contribution in [1.29, 1.82) is 0 Å². The molecule has 0 bridgehead atoms. The minimum Gasteiger partial charge on any atom is -0.376 e. The third-order valence-electron chi connectivity index (χ3n) is 4.51. The van der Waals surface area contributed by atoms with Crippen LogP contribution in [0, 0.1) is 0 Å². The Labute approximate surface area is 144 Å². The molecule has 2 aromatic carbocycles. The molecule has 0 amide bonds. The highest BCUT2D eigenvalue weighted by atomic mass is 35.5. The molecule has 0 saturated carbocycles. The minimum absolute atomic E-state index is 0. The lowest BCUT2D eigenvalue weighted by molar-refractivity contribution is 0.112. The van der Waals surface area contributed by atoms with Gasteiger partial charge in [-0.25, -0.2) is 0 Å². The highest BCUT2D eigenvalue weighted by Gasteiger charge is 2.35. The second-order valence-corrected chi connectivity index (χ2v) is 6.03.